The number of benzene rings is 3. The Morgan fingerprint density at radius 2 is 1.56 bits per heavy atom. The smallest absolute Gasteiger partial charge is 0.256 e. The van der Waals surface area contributed by atoms with Crippen LogP contribution in [0.5, 0.6) is 0 Å². The highest BCUT2D eigenvalue weighted by Crippen LogP contribution is 2.24. The summed E-state index contributed by atoms with van der Waals surface area (Å²) in [5, 5.41) is 3.64. The summed E-state index contributed by atoms with van der Waals surface area (Å²) in [5.74, 6) is -0.152. The van der Waals surface area contributed by atoms with E-state index in [2.05, 4.69) is 5.32 Å². The van der Waals surface area contributed by atoms with E-state index in [-0.39, 0.29) is 5.91 Å². The minimum Gasteiger partial charge on any atom is -0.322 e. The zero-order valence-electron chi connectivity index (χ0n) is 13.9. The molecule has 0 saturated carbocycles. The van der Waals surface area contributed by atoms with Crippen LogP contribution in [0.4, 0.5) is 5.69 Å². The van der Waals surface area contributed by atoms with Crippen LogP contribution in [0, 0.1) is 6.92 Å². The van der Waals surface area contributed by atoms with Crippen LogP contribution in [-0.4, -0.2) is 5.91 Å². The van der Waals surface area contributed by atoms with Gasteiger partial charge in [-0.2, -0.15) is 0 Å². The Morgan fingerprint density at radius 3 is 2.20 bits per heavy atom. The number of nitrogens with one attached hydrogen (secondary N) is 1. The number of amides is 1. The molecule has 1 N–H and O–H groups in total. The monoisotopic (exact) mass is 347 g/mol. The summed E-state index contributed by atoms with van der Waals surface area (Å²) in [7, 11) is 0. The van der Waals surface area contributed by atoms with Gasteiger partial charge in [-0.05, 0) is 47.9 Å². The summed E-state index contributed by atoms with van der Waals surface area (Å²) in [6.45, 7) is 1.92. The molecule has 3 rings (SSSR count). The van der Waals surface area contributed by atoms with Crippen molar-refractivity contribution in [3.8, 4) is 0 Å². The number of carbonyl (C=O) groups excluding carboxylic acids is 1. The molecule has 0 aliphatic heterocycles. The number of carbonyl (C=O) groups is 1. The van der Waals surface area contributed by atoms with Crippen LogP contribution < -0.4 is 5.32 Å². The maximum atomic E-state index is 12.9. The predicted octanol–water partition coefficient (Wildman–Crippen LogP) is 5.83. The van der Waals surface area contributed by atoms with Crippen molar-refractivity contribution in [2.24, 2.45) is 0 Å². The highest BCUT2D eigenvalue weighted by molar-refractivity contribution is 6.31. The van der Waals surface area contributed by atoms with E-state index >= 15 is 0 Å². The number of halogens is 1. The van der Waals surface area contributed by atoms with Gasteiger partial charge in [0.1, 0.15) is 0 Å². The normalized spacial score (nSPS) is 11.2. The number of aryl methyl sites for hydroxylation is 1. The van der Waals surface area contributed by atoms with Gasteiger partial charge in [0.25, 0.3) is 5.91 Å². The van der Waals surface area contributed by atoms with E-state index in [0.717, 1.165) is 22.4 Å². The summed E-state index contributed by atoms with van der Waals surface area (Å²) >= 11 is 6.00. The highest BCUT2D eigenvalue weighted by atomic mass is 35.5. The summed E-state index contributed by atoms with van der Waals surface area (Å²) in [6.07, 6.45) is 1.90. The Bertz CT molecular complexity index is 902. The first kappa shape index (κ1) is 17.0. The lowest BCUT2D eigenvalue weighted by atomic mass is 10.0. The highest BCUT2D eigenvalue weighted by Gasteiger charge is 2.13. The lowest BCUT2D eigenvalue weighted by Gasteiger charge is -2.12. The molecule has 0 aliphatic rings. The lowest BCUT2D eigenvalue weighted by molar-refractivity contribution is -0.111. The van der Waals surface area contributed by atoms with Crippen LogP contribution in [0.25, 0.3) is 11.6 Å². The molecule has 0 saturated heterocycles. The van der Waals surface area contributed by atoms with Gasteiger partial charge in [0.2, 0.25) is 0 Å². The second kappa shape index (κ2) is 7.82. The Balaban J connectivity index is 1.97. The molecule has 0 atom stereocenters. The summed E-state index contributed by atoms with van der Waals surface area (Å²) in [4.78, 5) is 12.9. The molecule has 0 spiro atoms. The number of hydrogen-bond acceptors (Lipinski definition) is 1. The Hall–Kier alpha value is -2.84. The first-order valence-electron chi connectivity index (χ1n) is 8.03. The minimum absolute atomic E-state index is 0.152. The third kappa shape index (κ3) is 4.37. The van der Waals surface area contributed by atoms with Gasteiger partial charge in [-0.25, -0.2) is 0 Å². The number of anilines is 1. The fourth-order valence-corrected chi connectivity index (χ4v) is 2.80. The first-order chi connectivity index (χ1) is 12.1. The maximum Gasteiger partial charge on any atom is 0.256 e. The van der Waals surface area contributed by atoms with Gasteiger partial charge in [0.15, 0.2) is 0 Å². The summed E-state index contributed by atoms with van der Waals surface area (Å²) < 4.78 is 0. The summed E-state index contributed by atoms with van der Waals surface area (Å²) in [5.41, 5.74) is 4.14. The van der Waals surface area contributed by atoms with E-state index < -0.39 is 0 Å². The van der Waals surface area contributed by atoms with Crippen LogP contribution in [0.3, 0.4) is 0 Å². The molecule has 2 nitrogen and oxygen atoms in total. The van der Waals surface area contributed by atoms with Gasteiger partial charge in [0.05, 0.1) is 0 Å². The lowest BCUT2D eigenvalue weighted by Crippen LogP contribution is -2.14. The van der Waals surface area contributed by atoms with Crippen molar-refractivity contribution in [2.75, 3.05) is 5.32 Å². The van der Waals surface area contributed by atoms with Crippen molar-refractivity contribution in [3.63, 3.8) is 0 Å². The maximum absolute atomic E-state index is 12.9. The van der Waals surface area contributed by atoms with Crippen molar-refractivity contribution < 1.29 is 4.79 Å². The molecule has 3 aromatic rings. The van der Waals surface area contributed by atoms with Gasteiger partial charge in [0, 0.05) is 16.3 Å². The number of hydrogen-bond donors (Lipinski definition) is 1. The quantitative estimate of drug-likeness (QED) is 0.467. The van der Waals surface area contributed by atoms with Gasteiger partial charge in [-0.15, -0.1) is 0 Å². The van der Waals surface area contributed by atoms with Crippen LogP contribution >= 0.6 is 11.6 Å². The van der Waals surface area contributed by atoms with E-state index in [1.54, 1.807) is 6.07 Å². The molecule has 0 unspecified atom stereocenters. The van der Waals surface area contributed by atoms with Crippen molar-refractivity contribution in [1.82, 2.24) is 0 Å². The average Bonchev–Trinajstić information content (AvgIpc) is 2.63. The van der Waals surface area contributed by atoms with Crippen LogP contribution in [0.2, 0.25) is 5.02 Å². The summed E-state index contributed by atoms with van der Waals surface area (Å²) in [6, 6.07) is 24.9. The molecule has 0 radical (unpaired) electrons. The zero-order chi connectivity index (χ0) is 17.6. The molecule has 0 fully saturated rings. The van der Waals surface area contributed by atoms with Crippen molar-refractivity contribution >= 4 is 34.8 Å². The predicted molar refractivity (Wildman–Crippen MR) is 106 cm³/mol. The third-order valence-corrected chi connectivity index (χ3v) is 4.11. The molecule has 0 heterocycles. The standard InChI is InChI=1S/C22H18ClNO/c1-16-14-19(23)12-13-21(16)24-22(25)20(18-10-6-3-7-11-18)15-17-8-4-2-5-9-17/h2-15H,1H3,(H,24,25)/b20-15-. The molecule has 1 amide bonds. The third-order valence-electron chi connectivity index (χ3n) is 3.88. The second-order valence-electron chi connectivity index (χ2n) is 5.75. The van der Waals surface area contributed by atoms with Crippen LogP contribution in [0.1, 0.15) is 16.7 Å². The Labute approximate surface area is 152 Å². The van der Waals surface area contributed by atoms with Crippen molar-refractivity contribution in [1.29, 1.82) is 0 Å². The molecular formula is C22H18ClNO. The van der Waals surface area contributed by atoms with Crippen molar-refractivity contribution in [3.05, 3.63) is 101 Å². The Kier molecular flexibility index (Phi) is 5.32. The molecule has 0 aliphatic carbocycles. The molecule has 0 aromatic heterocycles. The molecular weight excluding hydrogens is 330 g/mol. The van der Waals surface area contributed by atoms with Gasteiger partial charge >= 0.3 is 0 Å². The van der Waals surface area contributed by atoms with Gasteiger partial charge in [-0.1, -0.05) is 72.3 Å². The Morgan fingerprint density at radius 1 is 0.920 bits per heavy atom. The minimum atomic E-state index is -0.152. The topological polar surface area (TPSA) is 29.1 Å². The average molecular weight is 348 g/mol. The van der Waals surface area contributed by atoms with Gasteiger partial charge < -0.3 is 5.32 Å². The molecule has 0 bridgehead atoms. The second-order valence-corrected chi connectivity index (χ2v) is 6.18. The van der Waals surface area contributed by atoms with Crippen LogP contribution in [0.15, 0.2) is 78.9 Å². The largest absolute Gasteiger partial charge is 0.322 e. The fraction of sp³-hybridized carbons (Fsp3) is 0.0455. The molecule has 25 heavy (non-hydrogen) atoms. The molecule has 124 valence electrons. The molecule has 3 aromatic carbocycles. The molecule has 3 heteroatoms. The zero-order valence-corrected chi connectivity index (χ0v) is 14.6. The van der Waals surface area contributed by atoms with E-state index in [1.165, 1.54) is 0 Å². The van der Waals surface area contributed by atoms with Crippen LogP contribution in [-0.2, 0) is 4.79 Å². The number of rotatable bonds is 4. The SMILES string of the molecule is Cc1cc(Cl)ccc1NC(=O)/C(=C\c1ccccc1)c1ccccc1. The van der Waals surface area contributed by atoms with Gasteiger partial charge in [-0.3, -0.25) is 4.79 Å². The van der Waals surface area contributed by atoms with E-state index in [0.29, 0.717) is 10.6 Å². The van der Waals surface area contributed by atoms with Crippen molar-refractivity contribution in [2.45, 2.75) is 6.92 Å². The fourth-order valence-electron chi connectivity index (χ4n) is 2.57. The van der Waals surface area contributed by atoms with E-state index in [1.807, 2.05) is 85.8 Å². The van der Waals surface area contributed by atoms with E-state index in [9.17, 15) is 4.79 Å². The van der Waals surface area contributed by atoms with E-state index in [4.69, 9.17) is 11.6 Å². The first-order valence-corrected chi connectivity index (χ1v) is 8.41.